The first-order valence-electron chi connectivity index (χ1n) is 11.8. The lowest BCUT2D eigenvalue weighted by Gasteiger charge is -2.32. The number of hydrogen-bond donors (Lipinski definition) is 0. The molecule has 4 heteroatoms. The van der Waals surface area contributed by atoms with Gasteiger partial charge in [-0.05, 0) is 61.4 Å². The highest BCUT2D eigenvalue weighted by Gasteiger charge is 2.52. The van der Waals surface area contributed by atoms with E-state index >= 15 is 0 Å². The number of hydrogen-bond acceptors (Lipinski definition) is 3. The Bertz CT molecular complexity index is 1500. The van der Waals surface area contributed by atoms with Crippen LogP contribution in [-0.2, 0) is 9.31 Å². The van der Waals surface area contributed by atoms with Crippen LogP contribution in [0.4, 0.5) is 0 Å². The molecule has 0 atom stereocenters. The molecule has 0 amide bonds. The molecule has 0 spiro atoms. The first-order chi connectivity index (χ1) is 16.3. The summed E-state index contributed by atoms with van der Waals surface area (Å²) in [5.74, 6) is 0. The molecule has 1 aliphatic heterocycles. The van der Waals surface area contributed by atoms with Crippen LogP contribution in [0.3, 0.4) is 0 Å². The van der Waals surface area contributed by atoms with Gasteiger partial charge in [0.25, 0.3) is 0 Å². The summed E-state index contributed by atoms with van der Waals surface area (Å²) in [4.78, 5) is 0. The summed E-state index contributed by atoms with van der Waals surface area (Å²) in [5.41, 5.74) is 5.34. The molecule has 0 aliphatic carbocycles. The Morgan fingerprint density at radius 1 is 0.588 bits per heavy atom. The van der Waals surface area contributed by atoms with Gasteiger partial charge in [-0.15, -0.1) is 11.3 Å². The molecule has 1 aromatic heterocycles. The SMILES string of the molecule is CC1(C)OB(c2cccc3c2sc2c(-c4cccc(-c5ccccc5)c4)cccc23)OC1(C)C. The molecule has 2 nitrogen and oxygen atoms in total. The minimum Gasteiger partial charge on any atom is -0.399 e. The number of benzene rings is 4. The number of thiophene rings is 1. The molecule has 0 radical (unpaired) electrons. The van der Waals surface area contributed by atoms with Gasteiger partial charge in [-0.1, -0.05) is 84.9 Å². The Kier molecular flexibility index (Phi) is 4.96. The lowest BCUT2D eigenvalue weighted by atomic mass is 9.78. The van der Waals surface area contributed by atoms with Crippen LogP contribution >= 0.6 is 11.3 Å². The van der Waals surface area contributed by atoms with Gasteiger partial charge in [0.15, 0.2) is 0 Å². The van der Waals surface area contributed by atoms with Crippen LogP contribution in [0.2, 0.25) is 0 Å². The molecular weight excluding hydrogens is 435 g/mol. The van der Waals surface area contributed by atoms with E-state index < -0.39 is 0 Å². The highest BCUT2D eigenvalue weighted by molar-refractivity contribution is 7.27. The third kappa shape index (κ3) is 3.40. The third-order valence-electron chi connectivity index (χ3n) is 7.34. The van der Waals surface area contributed by atoms with Crippen molar-refractivity contribution in [2.45, 2.75) is 38.9 Å². The van der Waals surface area contributed by atoms with E-state index in [0.717, 1.165) is 5.46 Å². The van der Waals surface area contributed by atoms with E-state index in [1.807, 2.05) is 11.3 Å². The molecule has 5 aromatic rings. The largest absolute Gasteiger partial charge is 0.496 e. The molecule has 1 aliphatic rings. The molecule has 1 saturated heterocycles. The van der Waals surface area contributed by atoms with Crippen LogP contribution in [-0.4, -0.2) is 18.3 Å². The summed E-state index contributed by atoms with van der Waals surface area (Å²) in [6, 6.07) is 32.5. The van der Waals surface area contributed by atoms with E-state index in [4.69, 9.17) is 9.31 Å². The Hall–Kier alpha value is -2.92. The molecule has 0 bridgehead atoms. The molecule has 0 unspecified atom stereocenters. The van der Waals surface area contributed by atoms with Crippen LogP contribution in [0, 0.1) is 0 Å². The summed E-state index contributed by atoms with van der Waals surface area (Å²) in [7, 11) is -0.369. The van der Waals surface area contributed by atoms with Gasteiger partial charge < -0.3 is 9.31 Å². The summed E-state index contributed by atoms with van der Waals surface area (Å²) in [6.07, 6.45) is 0. The third-order valence-corrected chi connectivity index (χ3v) is 8.65. The van der Waals surface area contributed by atoms with Crippen molar-refractivity contribution in [3.63, 3.8) is 0 Å². The van der Waals surface area contributed by atoms with Crippen molar-refractivity contribution >= 4 is 44.1 Å². The van der Waals surface area contributed by atoms with Crippen LogP contribution in [0.5, 0.6) is 0 Å². The second kappa shape index (κ2) is 7.81. The molecule has 1 fully saturated rings. The lowest BCUT2D eigenvalue weighted by molar-refractivity contribution is 0.00578. The highest BCUT2D eigenvalue weighted by atomic mass is 32.1. The summed E-state index contributed by atoms with van der Waals surface area (Å²) in [5, 5.41) is 2.54. The Morgan fingerprint density at radius 3 is 1.91 bits per heavy atom. The smallest absolute Gasteiger partial charge is 0.399 e. The molecule has 0 saturated carbocycles. The first kappa shape index (κ1) is 21.6. The number of fused-ring (bicyclic) bond motifs is 3. The second-order valence-electron chi connectivity index (χ2n) is 10.0. The monoisotopic (exact) mass is 462 g/mol. The lowest BCUT2D eigenvalue weighted by Crippen LogP contribution is -2.41. The molecule has 2 heterocycles. The molecule has 4 aromatic carbocycles. The Labute approximate surface area is 205 Å². The topological polar surface area (TPSA) is 18.5 Å². The summed E-state index contributed by atoms with van der Waals surface area (Å²) < 4.78 is 15.4. The van der Waals surface area contributed by atoms with Gasteiger partial charge in [-0.25, -0.2) is 0 Å². The maximum absolute atomic E-state index is 6.42. The molecule has 34 heavy (non-hydrogen) atoms. The molecule has 6 rings (SSSR count). The van der Waals surface area contributed by atoms with Crippen molar-refractivity contribution in [1.82, 2.24) is 0 Å². The van der Waals surface area contributed by atoms with E-state index in [1.165, 1.54) is 42.4 Å². The first-order valence-corrected chi connectivity index (χ1v) is 12.6. The fourth-order valence-corrected chi connectivity index (χ4v) is 6.08. The summed E-state index contributed by atoms with van der Waals surface area (Å²) >= 11 is 1.84. The zero-order valence-corrected chi connectivity index (χ0v) is 20.8. The maximum Gasteiger partial charge on any atom is 0.496 e. The van der Waals surface area contributed by atoms with Crippen molar-refractivity contribution in [3.8, 4) is 22.3 Å². The molecule has 168 valence electrons. The zero-order valence-electron chi connectivity index (χ0n) is 20.0. The van der Waals surface area contributed by atoms with Gasteiger partial charge in [0.2, 0.25) is 0 Å². The average Bonchev–Trinajstić information content (AvgIpc) is 3.32. The van der Waals surface area contributed by atoms with Crippen molar-refractivity contribution in [3.05, 3.63) is 91.0 Å². The average molecular weight is 462 g/mol. The quantitative estimate of drug-likeness (QED) is 0.256. The standard InChI is InChI=1S/C30H27BO2S/c1-29(2)30(3,4)33-31(32-29)26-18-10-17-25-24-16-9-15-23(27(24)34-28(25)26)22-14-8-13-21(19-22)20-11-6-5-7-12-20/h5-19H,1-4H3. The van der Waals surface area contributed by atoms with E-state index in [-0.39, 0.29) is 18.3 Å². The van der Waals surface area contributed by atoms with E-state index in [9.17, 15) is 0 Å². The summed E-state index contributed by atoms with van der Waals surface area (Å²) in [6.45, 7) is 8.43. The van der Waals surface area contributed by atoms with Crippen LogP contribution < -0.4 is 5.46 Å². The van der Waals surface area contributed by atoms with Crippen LogP contribution in [0.25, 0.3) is 42.4 Å². The van der Waals surface area contributed by atoms with Crippen molar-refractivity contribution < 1.29 is 9.31 Å². The second-order valence-corrected chi connectivity index (χ2v) is 11.1. The molecular formula is C30H27BO2S. The maximum atomic E-state index is 6.42. The normalized spacial score (nSPS) is 17.0. The number of rotatable bonds is 3. The van der Waals surface area contributed by atoms with E-state index in [1.54, 1.807) is 0 Å². The van der Waals surface area contributed by atoms with Gasteiger partial charge in [0, 0.05) is 20.2 Å². The van der Waals surface area contributed by atoms with Gasteiger partial charge in [0.05, 0.1) is 11.2 Å². The Morgan fingerprint density at radius 2 is 1.18 bits per heavy atom. The fourth-order valence-electron chi connectivity index (χ4n) is 4.72. The van der Waals surface area contributed by atoms with Crippen LogP contribution in [0.15, 0.2) is 91.0 Å². The van der Waals surface area contributed by atoms with Crippen molar-refractivity contribution in [1.29, 1.82) is 0 Å². The van der Waals surface area contributed by atoms with Gasteiger partial charge in [-0.3, -0.25) is 0 Å². The van der Waals surface area contributed by atoms with E-state index in [0.29, 0.717) is 0 Å². The van der Waals surface area contributed by atoms with Crippen LogP contribution in [0.1, 0.15) is 27.7 Å². The Balaban J connectivity index is 1.50. The van der Waals surface area contributed by atoms with Crippen molar-refractivity contribution in [2.24, 2.45) is 0 Å². The van der Waals surface area contributed by atoms with E-state index in [2.05, 4.69) is 119 Å². The van der Waals surface area contributed by atoms with Gasteiger partial charge in [0.1, 0.15) is 0 Å². The minimum absolute atomic E-state index is 0.362. The zero-order chi connectivity index (χ0) is 23.5. The molecule has 0 N–H and O–H groups in total. The predicted octanol–water partition coefficient (Wildman–Crippen LogP) is 7.69. The van der Waals surface area contributed by atoms with Crippen molar-refractivity contribution in [2.75, 3.05) is 0 Å². The minimum atomic E-state index is -0.369. The fraction of sp³-hybridized carbons (Fsp3) is 0.200. The van der Waals surface area contributed by atoms with Gasteiger partial charge in [-0.2, -0.15) is 0 Å². The predicted molar refractivity (Wildman–Crippen MR) is 146 cm³/mol. The highest BCUT2D eigenvalue weighted by Crippen LogP contribution is 2.42. The van der Waals surface area contributed by atoms with Gasteiger partial charge >= 0.3 is 7.12 Å².